The average molecular weight is 579 g/mol. The van der Waals surface area contributed by atoms with Crippen molar-refractivity contribution in [2.24, 2.45) is 0 Å². The van der Waals surface area contributed by atoms with E-state index in [4.69, 9.17) is 28.1 Å². The molecule has 4 aromatic carbocycles. The molecule has 0 saturated carbocycles. The number of benzene rings is 4. The fraction of sp³-hybridized carbons (Fsp3) is 0.143. The fourth-order valence-electron chi connectivity index (χ4n) is 4.62. The van der Waals surface area contributed by atoms with E-state index in [1.165, 1.54) is 27.4 Å². The topological polar surface area (TPSA) is 93.4 Å². The lowest BCUT2D eigenvalue weighted by Crippen LogP contribution is -2.10. The highest BCUT2D eigenvalue weighted by Crippen LogP contribution is 2.37. The second kappa shape index (κ2) is 13.0. The summed E-state index contributed by atoms with van der Waals surface area (Å²) >= 11 is 0. The van der Waals surface area contributed by atoms with Gasteiger partial charge < -0.3 is 28.1 Å². The van der Waals surface area contributed by atoms with Gasteiger partial charge in [-0.25, -0.2) is 4.79 Å². The quantitative estimate of drug-likeness (QED) is 0.0683. The van der Waals surface area contributed by atoms with Crippen LogP contribution in [0.1, 0.15) is 33.2 Å². The molecule has 0 saturated heterocycles. The van der Waals surface area contributed by atoms with E-state index in [1.54, 1.807) is 60.7 Å². The molecule has 0 atom stereocenters. The summed E-state index contributed by atoms with van der Waals surface area (Å²) in [5.74, 6) is 1.61. The summed E-state index contributed by atoms with van der Waals surface area (Å²) in [5.41, 5.74) is 2.55. The number of allylic oxidation sites excluding steroid dienone is 1. The largest absolute Gasteiger partial charge is 0.497 e. The first kappa shape index (κ1) is 29.0. The van der Waals surface area contributed by atoms with E-state index in [9.17, 15) is 9.59 Å². The first-order valence-corrected chi connectivity index (χ1v) is 13.5. The lowest BCUT2D eigenvalue weighted by Gasteiger charge is -2.11. The highest BCUT2D eigenvalue weighted by Gasteiger charge is 2.25. The molecule has 0 fully saturated rings. The van der Waals surface area contributed by atoms with Gasteiger partial charge in [-0.2, -0.15) is 0 Å². The summed E-state index contributed by atoms with van der Waals surface area (Å²) in [4.78, 5) is 26.7. The maximum atomic E-state index is 13.7. The lowest BCUT2D eigenvalue weighted by molar-refractivity contribution is 0.0731. The number of hydrogen-bond donors (Lipinski definition) is 0. The van der Waals surface area contributed by atoms with Crippen LogP contribution in [-0.2, 0) is 0 Å². The number of rotatable bonds is 11. The van der Waals surface area contributed by atoms with Crippen molar-refractivity contribution in [3.05, 3.63) is 108 Å². The van der Waals surface area contributed by atoms with Gasteiger partial charge in [0.15, 0.2) is 17.3 Å². The third kappa shape index (κ3) is 6.23. The van der Waals surface area contributed by atoms with E-state index in [2.05, 4.69) is 0 Å². The number of furan rings is 1. The minimum atomic E-state index is -0.617. The molecule has 43 heavy (non-hydrogen) atoms. The van der Waals surface area contributed by atoms with Crippen molar-refractivity contribution in [3.8, 4) is 40.1 Å². The van der Waals surface area contributed by atoms with Gasteiger partial charge in [0, 0.05) is 10.9 Å². The number of fused-ring (bicyclic) bond motifs is 1. The summed E-state index contributed by atoms with van der Waals surface area (Å²) in [7, 11) is 4.51. The number of ketones is 1. The van der Waals surface area contributed by atoms with Crippen LogP contribution in [-0.4, -0.2) is 39.7 Å². The average Bonchev–Trinajstić information content (AvgIpc) is 3.43. The monoisotopic (exact) mass is 578 g/mol. The Balaban J connectivity index is 1.45. The van der Waals surface area contributed by atoms with E-state index >= 15 is 0 Å². The van der Waals surface area contributed by atoms with Crippen molar-refractivity contribution in [3.63, 3.8) is 0 Å². The zero-order valence-electron chi connectivity index (χ0n) is 24.2. The Kier molecular flexibility index (Phi) is 8.77. The Labute approximate surface area is 249 Å². The predicted molar refractivity (Wildman–Crippen MR) is 164 cm³/mol. The number of esters is 1. The maximum Gasteiger partial charge on any atom is 0.348 e. The molecule has 0 aliphatic heterocycles. The maximum absolute atomic E-state index is 13.7. The van der Waals surface area contributed by atoms with Crippen LogP contribution in [0.4, 0.5) is 0 Å². The van der Waals surface area contributed by atoms with E-state index in [0.717, 1.165) is 5.56 Å². The molecule has 0 aliphatic carbocycles. The van der Waals surface area contributed by atoms with Crippen molar-refractivity contribution in [2.45, 2.75) is 6.92 Å². The summed E-state index contributed by atoms with van der Waals surface area (Å²) < 4.78 is 33.8. The van der Waals surface area contributed by atoms with Gasteiger partial charge in [-0.1, -0.05) is 42.5 Å². The van der Waals surface area contributed by atoms with Crippen molar-refractivity contribution >= 4 is 28.8 Å². The van der Waals surface area contributed by atoms with Crippen molar-refractivity contribution in [1.29, 1.82) is 0 Å². The van der Waals surface area contributed by atoms with Gasteiger partial charge in [0.1, 0.15) is 34.2 Å². The van der Waals surface area contributed by atoms with Gasteiger partial charge in [-0.15, -0.1) is 0 Å². The van der Waals surface area contributed by atoms with Gasteiger partial charge in [0.2, 0.25) is 0 Å². The SMILES string of the molecule is CCOc1ccc2oc(-c3ccccc3)c(C(=O)Oc3ccc(/C=C/C(=O)c4cc(OC)ccc4OC)cc3OC)c2c1. The summed E-state index contributed by atoms with van der Waals surface area (Å²) in [6, 6.07) is 24.7. The Morgan fingerprint density at radius 2 is 1.51 bits per heavy atom. The molecular weight excluding hydrogens is 548 g/mol. The first-order chi connectivity index (χ1) is 20.9. The summed E-state index contributed by atoms with van der Waals surface area (Å²) in [6.07, 6.45) is 3.07. The van der Waals surface area contributed by atoms with Crippen LogP contribution >= 0.6 is 0 Å². The van der Waals surface area contributed by atoms with Crippen molar-refractivity contribution in [1.82, 2.24) is 0 Å². The molecule has 0 bridgehead atoms. The van der Waals surface area contributed by atoms with E-state index in [1.807, 2.05) is 37.3 Å². The highest BCUT2D eigenvalue weighted by molar-refractivity contribution is 6.10. The molecule has 1 heterocycles. The van der Waals surface area contributed by atoms with Crippen LogP contribution < -0.4 is 23.7 Å². The molecule has 218 valence electrons. The molecule has 0 unspecified atom stereocenters. The van der Waals surface area contributed by atoms with Gasteiger partial charge in [0.05, 0.1) is 33.5 Å². The number of ether oxygens (including phenoxy) is 5. The van der Waals surface area contributed by atoms with Gasteiger partial charge in [-0.05, 0) is 67.1 Å². The van der Waals surface area contributed by atoms with E-state index in [-0.39, 0.29) is 17.1 Å². The molecule has 0 amide bonds. The standard InChI is InChI=1S/C35H30O8/c1-5-41-25-14-18-30-27(21-25)33(34(42-30)23-9-7-6-8-10-23)35(37)43-31-16-12-22(19-32(31)40-4)11-15-28(36)26-20-24(38-2)13-17-29(26)39-3/h6-21H,5H2,1-4H3/b15-11+. The third-order valence-corrected chi connectivity index (χ3v) is 6.70. The minimum Gasteiger partial charge on any atom is -0.497 e. The molecule has 5 rings (SSSR count). The van der Waals surface area contributed by atoms with Gasteiger partial charge in [-0.3, -0.25) is 4.79 Å². The highest BCUT2D eigenvalue weighted by atomic mass is 16.6. The Morgan fingerprint density at radius 1 is 0.767 bits per heavy atom. The van der Waals surface area contributed by atoms with Crippen LogP contribution in [0.15, 0.2) is 95.4 Å². The van der Waals surface area contributed by atoms with Crippen LogP contribution in [0.2, 0.25) is 0 Å². The Hall–Kier alpha value is -5.50. The van der Waals surface area contributed by atoms with Crippen LogP contribution in [0, 0.1) is 0 Å². The molecule has 0 N–H and O–H groups in total. The molecular formula is C35H30O8. The van der Waals surface area contributed by atoms with Crippen LogP contribution in [0.5, 0.6) is 28.7 Å². The summed E-state index contributed by atoms with van der Waals surface area (Å²) in [6.45, 7) is 2.37. The first-order valence-electron chi connectivity index (χ1n) is 13.5. The van der Waals surface area contributed by atoms with Crippen molar-refractivity contribution < 1.29 is 37.7 Å². The molecule has 0 spiro atoms. The van der Waals surface area contributed by atoms with Crippen LogP contribution in [0.3, 0.4) is 0 Å². The van der Waals surface area contributed by atoms with Crippen molar-refractivity contribution in [2.75, 3.05) is 27.9 Å². The zero-order chi connectivity index (χ0) is 30.3. The number of carbonyl (C=O) groups is 2. The molecule has 1 aromatic heterocycles. The second-order valence-electron chi connectivity index (χ2n) is 9.33. The zero-order valence-corrected chi connectivity index (χ0v) is 24.2. The van der Waals surface area contributed by atoms with Gasteiger partial charge in [0.25, 0.3) is 0 Å². The summed E-state index contributed by atoms with van der Waals surface area (Å²) in [5, 5.41) is 0.569. The third-order valence-electron chi connectivity index (χ3n) is 6.70. The smallest absolute Gasteiger partial charge is 0.348 e. The molecule has 5 aromatic rings. The normalized spacial score (nSPS) is 11.0. The van der Waals surface area contributed by atoms with Gasteiger partial charge >= 0.3 is 5.97 Å². The number of carbonyl (C=O) groups excluding carboxylic acids is 2. The molecule has 8 heteroatoms. The minimum absolute atomic E-state index is 0.208. The Morgan fingerprint density at radius 3 is 2.23 bits per heavy atom. The van der Waals surface area contributed by atoms with Crippen LogP contribution in [0.25, 0.3) is 28.4 Å². The molecule has 0 radical (unpaired) electrons. The predicted octanol–water partition coefficient (Wildman–Crippen LogP) is 7.64. The second-order valence-corrected chi connectivity index (χ2v) is 9.33. The fourth-order valence-corrected chi connectivity index (χ4v) is 4.62. The molecule has 8 nitrogen and oxygen atoms in total. The number of methoxy groups -OCH3 is 3. The van der Waals surface area contributed by atoms with E-state index < -0.39 is 5.97 Å². The Bertz CT molecular complexity index is 1800. The number of hydrogen-bond acceptors (Lipinski definition) is 8. The lowest BCUT2D eigenvalue weighted by atomic mass is 10.1. The van der Waals surface area contributed by atoms with E-state index in [0.29, 0.717) is 57.5 Å². The molecule has 0 aliphatic rings.